The van der Waals surface area contributed by atoms with Crippen molar-refractivity contribution in [2.75, 3.05) is 0 Å². The number of allylic oxidation sites excluding steroid dienone is 2. The topological polar surface area (TPSA) is 144 Å². The lowest BCUT2D eigenvalue weighted by Crippen LogP contribution is -2.04. The SMILES string of the molecule is Cc1ccc(Cn2nc(/C=C/CCC/C=C/c3nn(Cc4ccc(C)cc4)c4c3Cc3cc(S(=O)(=O)O)ccc3-4)c3c2-c2ccc(S(=O)(=O)O)cc2C3)cc1. The molecule has 0 aliphatic heterocycles. The van der Waals surface area contributed by atoms with E-state index in [1.165, 1.54) is 23.3 Å². The van der Waals surface area contributed by atoms with Gasteiger partial charge in [-0.05, 0) is 91.8 Å². The summed E-state index contributed by atoms with van der Waals surface area (Å²) in [5.74, 6) is 0. The standard InChI is InChI=1S/C43H40N4O6S2/c1-28-10-14-30(15-11-28)26-46-42-36-20-18-34(54(48,49)50)22-32(36)24-38(42)40(44-46)8-6-4-3-5-7-9-41-39-25-33-23-35(55(51,52)53)19-21-37(33)43(39)47(45-41)27-31-16-12-29(2)13-17-31/h6-23H,3-5,24-27H2,1-2H3,(H,48,49,50)(H,51,52,53)/b8-6+,9-7+. The maximum absolute atomic E-state index is 11.9. The second kappa shape index (κ2) is 14.3. The van der Waals surface area contributed by atoms with E-state index in [4.69, 9.17) is 10.2 Å². The van der Waals surface area contributed by atoms with Gasteiger partial charge >= 0.3 is 0 Å². The molecule has 12 heteroatoms. The van der Waals surface area contributed by atoms with Gasteiger partial charge in [0.25, 0.3) is 20.2 Å². The van der Waals surface area contributed by atoms with Gasteiger partial charge in [-0.25, -0.2) is 0 Å². The highest BCUT2D eigenvalue weighted by molar-refractivity contribution is 7.86. The summed E-state index contributed by atoms with van der Waals surface area (Å²) in [6.45, 7) is 5.24. The Hall–Kier alpha value is -5.40. The molecule has 2 heterocycles. The zero-order chi connectivity index (χ0) is 38.5. The molecule has 0 fully saturated rings. The molecule has 0 radical (unpaired) electrons. The van der Waals surface area contributed by atoms with Crippen molar-refractivity contribution in [3.8, 4) is 22.5 Å². The summed E-state index contributed by atoms with van der Waals surface area (Å²) in [7, 11) is -8.64. The Morgan fingerprint density at radius 1 is 0.600 bits per heavy atom. The fraction of sp³-hybridized carbons (Fsp3) is 0.209. The highest BCUT2D eigenvalue weighted by Crippen LogP contribution is 2.42. The number of hydrogen-bond donors (Lipinski definition) is 2. The van der Waals surface area contributed by atoms with Crippen LogP contribution in [0.15, 0.2) is 107 Å². The molecule has 8 rings (SSSR count). The molecule has 280 valence electrons. The van der Waals surface area contributed by atoms with Gasteiger partial charge in [0.1, 0.15) is 0 Å². The quantitative estimate of drug-likeness (QED) is 0.0932. The second-order valence-electron chi connectivity index (χ2n) is 14.4. The van der Waals surface area contributed by atoms with E-state index in [-0.39, 0.29) is 9.79 Å². The molecule has 2 N–H and O–H groups in total. The minimum absolute atomic E-state index is 0.113. The van der Waals surface area contributed by atoms with Crippen molar-refractivity contribution >= 4 is 32.4 Å². The van der Waals surface area contributed by atoms with Crippen LogP contribution in [0.3, 0.4) is 0 Å². The first-order valence-electron chi connectivity index (χ1n) is 18.2. The number of rotatable bonds is 12. The number of aryl methyl sites for hydroxylation is 2. The average Bonchev–Trinajstić information content (AvgIpc) is 3.88. The maximum Gasteiger partial charge on any atom is 0.294 e. The van der Waals surface area contributed by atoms with Crippen molar-refractivity contribution in [2.24, 2.45) is 0 Å². The largest absolute Gasteiger partial charge is 0.294 e. The maximum atomic E-state index is 11.9. The molecule has 0 spiro atoms. The Morgan fingerprint density at radius 3 is 1.38 bits per heavy atom. The molecule has 2 aliphatic carbocycles. The first-order valence-corrected chi connectivity index (χ1v) is 21.0. The molecular formula is C43H40N4O6S2. The molecule has 0 saturated carbocycles. The highest BCUT2D eigenvalue weighted by Gasteiger charge is 2.30. The van der Waals surface area contributed by atoms with E-state index in [0.717, 1.165) is 86.5 Å². The van der Waals surface area contributed by atoms with Gasteiger partial charge in [-0.3, -0.25) is 18.5 Å². The summed E-state index contributed by atoms with van der Waals surface area (Å²) in [6.07, 6.45) is 11.9. The summed E-state index contributed by atoms with van der Waals surface area (Å²) in [6, 6.07) is 26.2. The summed E-state index contributed by atoms with van der Waals surface area (Å²) in [5, 5.41) is 9.98. The van der Waals surface area contributed by atoms with Crippen molar-refractivity contribution in [2.45, 2.75) is 68.8 Å². The van der Waals surface area contributed by atoms with Crippen LogP contribution >= 0.6 is 0 Å². The van der Waals surface area contributed by atoms with Gasteiger partial charge in [0.2, 0.25) is 0 Å². The summed E-state index contributed by atoms with van der Waals surface area (Å²) in [4.78, 5) is -0.225. The third kappa shape index (κ3) is 7.50. The number of unbranched alkanes of at least 4 members (excludes halogenated alkanes) is 2. The van der Waals surface area contributed by atoms with E-state index < -0.39 is 20.2 Å². The zero-order valence-electron chi connectivity index (χ0n) is 30.5. The van der Waals surface area contributed by atoms with E-state index in [1.54, 1.807) is 24.3 Å². The normalized spacial score (nSPS) is 13.5. The van der Waals surface area contributed by atoms with Crippen LogP contribution in [-0.2, 0) is 46.2 Å². The highest BCUT2D eigenvalue weighted by atomic mass is 32.2. The molecule has 0 bridgehead atoms. The third-order valence-electron chi connectivity index (χ3n) is 10.4. The van der Waals surface area contributed by atoms with Crippen LogP contribution < -0.4 is 0 Å². The van der Waals surface area contributed by atoms with E-state index >= 15 is 0 Å². The van der Waals surface area contributed by atoms with Gasteiger partial charge in [-0.15, -0.1) is 0 Å². The number of aromatic nitrogens is 4. The van der Waals surface area contributed by atoms with Gasteiger partial charge in [0, 0.05) is 35.1 Å². The van der Waals surface area contributed by atoms with Crippen LogP contribution in [-0.4, -0.2) is 45.5 Å². The first-order chi connectivity index (χ1) is 26.3. The molecule has 55 heavy (non-hydrogen) atoms. The van der Waals surface area contributed by atoms with Crippen molar-refractivity contribution in [3.05, 3.63) is 153 Å². The van der Waals surface area contributed by atoms with Crippen LogP contribution in [0, 0.1) is 13.8 Å². The van der Waals surface area contributed by atoms with Gasteiger partial charge < -0.3 is 0 Å². The van der Waals surface area contributed by atoms with E-state index in [1.807, 2.05) is 21.5 Å². The Bertz CT molecular complexity index is 2550. The lowest BCUT2D eigenvalue weighted by atomic mass is 10.1. The molecule has 0 saturated heterocycles. The molecule has 6 aromatic rings. The van der Waals surface area contributed by atoms with Crippen LogP contribution in [0.2, 0.25) is 0 Å². The van der Waals surface area contributed by atoms with E-state index in [9.17, 15) is 25.9 Å². The van der Waals surface area contributed by atoms with Crippen molar-refractivity contribution in [1.82, 2.24) is 19.6 Å². The molecule has 2 aliphatic rings. The lowest BCUT2D eigenvalue weighted by molar-refractivity contribution is 0.481. The molecule has 10 nitrogen and oxygen atoms in total. The van der Waals surface area contributed by atoms with Crippen LogP contribution in [0.5, 0.6) is 0 Å². The predicted molar refractivity (Wildman–Crippen MR) is 213 cm³/mol. The predicted octanol–water partition coefficient (Wildman–Crippen LogP) is 8.33. The molecule has 0 unspecified atom stereocenters. The molecule has 2 aromatic heterocycles. The fourth-order valence-corrected chi connectivity index (χ4v) is 8.62. The molecule has 0 atom stereocenters. The summed E-state index contributed by atoms with van der Waals surface area (Å²) < 4.78 is 70.8. The minimum Gasteiger partial charge on any atom is -0.282 e. The Labute approximate surface area is 321 Å². The lowest BCUT2D eigenvalue weighted by Gasteiger charge is -2.09. The fourth-order valence-electron chi connectivity index (χ4n) is 7.56. The number of hydrogen-bond acceptors (Lipinski definition) is 6. The second-order valence-corrected chi connectivity index (χ2v) is 17.2. The summed E-state index contributed by atoms with van der Waals surface area (Å²) in [5.41, 5.74) is 13.8. The van der Waals surface area contributed by atoms with Crippen LogP contribution in [0.25, 0.3) is 34.7 Å². The molecular weight excluding hydrogens is 733 g/mol. The molecule has 4 aromatic carbocycles. The van der Waals surface area contributed by atoms with Gasteiger partial charge in [0.15, 0.2) is 0 Å². The van der Waals surface area contributed by atoms with Gasteiger partial charge in [0.05, 0.1) is 45.7 Å². The van der Waals surface area contributed by atoms with E-state index in [2.05, 4.69) is 74.5 Å². The minimum atomic E-state index is -4.32. The van der Waals surface area contributed by atoms with Crippen molar-refractivity contribution in [1.29, 1.82) is 0 Å². The number of benzene rings is 4. The molecule has 0 amide bonds. The van der Waals surface area contributed by atoms with E-state index in [0.29, 0.717) is 25.9 Å². The monoisotopic (exact) mass is 772 g/mol. The Balaban J connectivity index is 0.987. The van der Waals surface area contributed by atoms with Crippen molar-refractivity contribution in [3.63, 3.8) is 0 Å². The smallest absolute Gasteiger partial charge is 0.282 e. The Kier molecular flexibility index (Phi) is 9.54. The van der Waals surface area contributed by atoms with Gasteiger partial charge in [-0.1, -0.05) is 83.9 Å². The number of nitrogens with zero attached hydrogens (tertiary/aromatic N) is 4. The first kappa shape index (κ1) is 36.6. The number of fused-ring (bicyclic) bond motifs is 6. The van der Waals surface area contributed by atoms with Crippen LogP contribution in [0.4, 0.5) is 0 Å². The average molecular weight is 773 g/mol. The third-order valence-corrected chi connectivity index (χ3v) is 12.1. The summed E-state index contributed by atoms with van der Waals surface area (Å²) >= 11 is 0. The van der Waals surface area contributed by atoms with Crippen molar-refractivity contribution < 1.29 is 25.9 Å². The Morgan fingerprint density at radius 2 is 1.00 bits per heavy atom. The van der Waals surface area contributed by atoms with Gasteiger partial charge in [-0.2, -0.15) is 27.0 Å². The van der Waals surface area contributed by atoms with Crippen LogP contribution in [0.1, 0.15) is 75.2 Å². The zero-order valence-corrected chi connectivity index (χ0v) is 32.1.